The number of pyridine rings is 1. The van der Waals surface area contributed by atoms with E-state index < -0.39 is 0 Å². The van der Waals surface area contributed by atoms with Gasteiger partial charge in [-0.3, -0.25) is 4.79 Å². The van der Waals surface area contributed by atoms with Crippen LogP contribution in [0.2, 0.25) is 0 Å². The maximum absolute atomic E-state index is 12.3. The molecule has 2 aromatic heterocycles. The van der Waals surface area contributed by atoms with Gasteiger partial charge in [0.25, 0.3) is 5.91 Å². The van der Waals surface area contributed by atoms with Gasteiger partial charge in [0.2, 0.25) is 0 Å². The molecule has 2 aromatic rings. The van der Waals surface area contributed by atoms with Crippen LogP contribution in [0.3, 0.4) is 0 Å². The Morgan fingerprint density at radius 1 is 1.43 bits per heavy atom. The standard InChI is InChI=1S/C16H19N3OS/c17-13-11-8-10-2-1-3-12(10)19-16(11)21-14(13)15(20)18-7-6-9-4-5-9/h8-9H,1-7,17H2,(H,18,20). The van der Waals surface area contributed by atoms with Crippen LogP contribution in [0.25, 0.3) is 10.2 Å². The van der Waals surface area contributed by atoms with Crippen LogP contribution in [0, 0.1) is 5.92 Å². The molecule has 0 spiro atoms. The Kier molecular flexibility index (Phi) is 3.10. The van der Waals surface area contributed by atoms with E-state index in [1.54, 1.807) is 0 Å². The highest BCUT2D eigenvalue weighted by molar-refractivity contribution is 7.21. The van der Waals surface area contributed by atoms with E-state index in [4.69, 9.17) is 10.7 Å². The number of carbonyl (C=O) groups is 1. The molecule has 4 rings (SSSR count). The number of aryl methyl sites for hydroxylation is 2. The van der Waals surface area contributed by atoms with E-state index in [1.165, 1.54) is 41.9 Å². The molecule has 0 bridgehead atoms. The van der Waals surface area contributed by atoms with Gasteiger partial charge in [-0.25, -0.2) is 4.98 Å². The van der Waals surface area contributed by atoms with Crippen LogP contribution in [0.5, 0.6) is 0 Å². The summed E-state index contributed by atoms with van der Waals surface area (Å²) in [7, 11) is 0. The number of carbonyl (C=O) groups excluding carboxylic acids is 1. The largest absolute Gasteiger partial charge is 0.397 e. The zero-order chi connectivity index (χ0) is 14.4. The first-order valence-electron chi connectivity index (χ1n) is 7.71. The van der Waals surface area contributed by atoms with Crippen LogP contribution in [0.1, 0.15) is 46.6 Å². The van der Waals surface area contributed by atoms with Crippen LogP contribution in [0.15, 0.2) is 6.07 Å². The summed E-state index contributed by atoms with van der Waals surface area (Å²) in [5.41, 5.74) is 9.27. The van der Waals surface area contributed by atoms with Crippen molar-refractivity contribution < 1.29 is 4.79 Å². The molecular formula is C16H19N3OS. The summed E-state index contributed by atoms with van der Waals surface area (Å²) in [5, 5.41) is 3.94. The van der Waals surface area contributed by atoms with Gasteiger partial charge in [-0.2, -0.15) is 0 Å². The van der Waals surface area contributed by atoms with Gasteiger partial charge in [0.15, 0.2) is 0 Å². The Morgan fingerprint density at radius 3 is 3.10 bits per heavy atom. The van der Waals surface area contributed by atoms with E-state index in [0.29, 0.717) is 10.6 Å². The van der Waals surface area contributed by atoms with Gasteiger partial charge in [0, 0.05) is 17.6 Å². The predicted octanol–water partition coefficient (Wildman–Crippen LogP) is 2.90. The summed E-state index contributed by atoms with van der Waals surface area (Å²) in [4.78, 5) is 18.5. The molecule has 2 aliphatic carbocycles. The second-order valence-electron chi connectivity index (χ2n) is 6.13. The monoisotopic (exact) mass is 301 g/mol. The Balaban J connectivity index is 1.59. The summed E-state index contributed by atoms with van der Waals surface area (Å²) in [6.07, 6.45) is 7.02. The molecule has 3 N–H and O–H groups in total. The average molecular weight is 301 g/mol. The number of fused-ring (bicyclic) bond motifs is 2. The highest BCUT2D eigenvalue weighted by atomic mass is 32.1. The summed E-state index contributed by atoms with van der Waals surface area (Å²) in [5.74, 6) is 0.783. The van der Waals surface area contributed by atoms with E-state index in [1.807, 2.05) is 0 Å². The second-order valence-corrected chi connectivity index (χ2v) is 7.13. The molecule has 2 heterocycles. The fourth-order valence-corrected chi connectivity index (χ4v) is 4.06. The van der Waals surface area contributed by atoms with Gasteiger partial charge in [-0.15, -0.1) is 11.3 Å². The lowest BCUT2D eigenvalue weighted by Crippen LogP contribution is -2.24. The number of hydrogen-bond donors (Lipinski definition) is 2. The van der Waals surface area contributed by atoms with Gasteiger partial charge in [-0.1, -0.05) is 12.8 Å². The SMILES string of the molecule is Nc1c(C(=O)NCCC2CC2)sc2nc3c(cc12)CCC3. The van der Waals surface area contributed by atoms with E-state index in [2.05, 4.69) is 11.4 Å². The van der Waals surface area contributed by atoms with Crippen molar-refractivity contribution in [3.05, 3.63) is 22.2 Å². The van der Waals surface area contributed by atoms with E-state index in [9.17, 15) is 4.79 Å². The molecule has 1 fully saturated rings. The van der Waals surface area contributed by atoms with Gasteiger partial charge in [0.05, 0.1) is 5.69 Å². The molecule has 0 saturated heterocycles. The molecule has 0 aliphatic heterocycles. The number of nitrogens with one attached hydrogen (secondary N) is 1. The highest BCUT2D eigenvalue weighted by Gasteiger charge is 2.23. The third-order valence-corrected chi connectivity index (χ3v) is 5.60. The number of nitrogens with two attached hydrogens (primary N) is 1. The first kappa shape index (κ1) is 13.1. The van der Waals surface area contributed by atoms with Crippen molar-refractivity contribution in [2.75, 3.05) is 12.3 Å². The molecule has 5 heteroatoms. The van der Waals surface area contributed by atoms with Crippen LogP contribution in [-0.2, 0) is 12.8 Å². The van der Waals surface area contributed by atoms with Crippen molar-refractivity contribution in [3.63, 3.8) is 0 Å². The average Bonchev–Trinajstić information content (AvgIpc) is 3.09. The lowest BCUT2D eigenvalue weighted by Gasteiger charge is -2.03. The van der Waals surface area contributed by atoms with E-state index in [-0.39, 0.29) is 5.91 Å². The summed E-state index contributed by atoms with van der Waals surface area (Å²) in [6, 6.07) is 2.14. The van der Waals surface area contributed by atoms with Gasteiger partial charge >= 0.3 is 0 Å². The number of rotatable bonds is 4. The van der Waals surface area contributed by atoms with Gasteiger partial charge < -0.3 is 11.1 Å². The second kappa shape index (κ2) is 4.98. The lowest BCUT2D eigenvalue weighted by atomic mass is 10.1. The molecule has 1 amide bonds. The van der Waals surface area contributed by atoms with Crippen LogP contribution in [-0.4, -0.2) is 17.4 Å². The first-order chi connectivity index (χ1) is 10.2. The molecule has 0 unspecified atom stereocenters. The molecular weight excluding hydrogens is 282 g/mol. The molecule has 21 heavy (non-hydrogen) atoms. The number of hydrogen-bond acceptors (Lipinski definition) is 4. The quantitative estimate of drug-likeness (QED) is 0.912. The molecule has 0 atom stereocenters. The van der Waals surface area contributed by atoms with Crippen molar-refractivity contribution in [3.8, 4) is 0 Å². The third-order valence-electron chi connectivity index (χ3n) is 4.49. The smallest absolute Gasteiger partial charge is 0.263 e. The summed E-state index contributed by atoms with van der Waals surface area (Å²) >= 11 is 1.42. The Morgan fingerprint density at radius 2 is 2.29 bits per heavy atom. The molecule has 2 aliphatic rings. The van der Waals surface area contributed by atoms with Crippen LogP contribution >= 0.6 is 11.3 Å². The number of thiophene rings is 1. The van der Waals surface area contributed by atoms with Crippen LogP contribution in [0.4, 0.5) is 5.69 Å². The lowest BCUT2D eigenvalue weighted by molar-refractivity contribution is 0.0957. The minimum Gasteiger partial charge on any atom is -0.397 e. The van der Waals surface area contributed by atoms with Crippen molar-refractivity contribution in [1.29, 1.82) is 0 Å². The van der Waals surface area contributed by atoms with Gasteiger partial charge in [-0.05, 0) is 43.2 Å². The highest BCUT2D eigenvalue weighted by Crippen LogP contribution is 2.36. The third kappa shape index (κ3) is 2.39. The van der Waals surface area contributed by atoms with Crippen molar-refractivity contribution in [1.82, 2.24) is 10.3 Å². The zero-order valence-electron chi connectivity index (χ0n) is 11.9. The minimum atomic E-state index is -0.0451. The maximum atomic E-state index is 12.3. The maximum Gasteiger partial charge on any atom is 0.263 e. The molecule has 1 saturated carbocycles. The number of aromatic nitrogens is 1. The van der Waals surface area contributed by atoms with Crippen molar-refractivity contribution in [2.45, 2.75) is 38.5 Å². The summed E-state index contributed by atoms with van der Waals surface area (Å²) in [6.45, 7) is 0.751. The molecule has 0 radical (unpaired) electrons. The summed E-state index contributed by atoms with van der Waals surface area (Å²) < 4.78 is 0. The number of amides is 1. The minimum absolute atomic E-state index is 0.0451. The molecule has 0 aromatic carbocycles. The fraction of sp³-hybridized carbons (Fsp3) is 0.500. The van der Waals surface area contributed by atoms with Gasteiger partial charge in [0.1, 0.15) is 9.71 Å². The number of anilines is 1. The fourth-order valence-electron chi connectivity index (χ4n) is 3.04. The molecule has 110 valence electrons. The van der Waals surface area contributed by atoms with Crippen LogP contribution < -0.4 is 11.1 Å². The Hall–Kier alpha value is -1.62. The van der Waals surface area contributed by atoms with E-state index in [0.717, 1.165) is 41.9 Å². The normalized spacial score (nSPS) is 17.1. The molecule has 4 nitrogen and oxygen atoms in total. The predicted molar refractivity (Wildman–Crippen MR) is 85.7 cm³/mol. The zero-order valence-corrected chi connectivity index (χ0v) is 12.8. The van der Waals surface area contributed by atoms with Crippen molar-refractivity contribution >= 4 is 33.1 Å². The topological polar surface area (TPSA) is 68.0 Å². The first-order valence-corrected chi connectivity index (χ1v) is 8.53. The number of nitrogens with zero attached hydrogens (tertiary/aromatic N) is 1. The van der Waals surface area contributed by atoms with E-state index >= 15 is 0 Å². The Bertz CT molecular complexity index is 718. The Labute approximate surface area is 127 Å². The van der Waals surface area contributed by atoms with Crippen molar-refractivity contribution in [2.24, 2.45) is 5.92 Å². The number of nitrogen functional groups attached to an aromatic ring is 1.